The van der Waals surface area contributed by atoms with Crippen LogP contribution in [0.15, 0.2) is 47.5 Å². The van der Waals surface area contributed by atoms with E-state index in [2.05, 4.69) is 20.9 Å². The molecule has 0 bridgehead atoms. The molecule has 0 saturated carbocycles. The SMILES string of the molecule is CN=C(NCc1ccc(F)c(COC)c1)NCC1CC(=O)Nc2ccccc21. The van der Waals surface area contributed by atoms with Crippen LogP contribution in [0.4, 0.5) is 10.1 Å². The minimum Gasteiger partial charge on any atom is -0.380 e. The number of hydrogen-bond donors (Lipinski definition) is 3. The third-order valence-electron chi connectivity index (χ3n) is 4.72. The van der Waals surface area contributed by atoms with Gasteiger partial charge in [0.1, 0.15) is 5.82 Å². The minimum absolute atomic E-state index is 0.0189. The first-order chi connectivity index (χ1) is 13.6. The Balaban J connectivity index is 1.59. The lowest BCUT2D eigenvalue weighted by Gasteiger charge is -2.26. The van der Waals surface area contributed by atoms with Gasteiger partial charge >= 0.3 is 0 Å². The molecular formula is C21H25FN4O2. The van der Waals surface area contributed by atoms with Crippen molar-refractivity contribution in [3.8, 4) is 0 Å². The van der Waals surface area contributed by atoms with Crippen LogP contribution in [-0.2, 0) is 22.7 Å². The summed E-state index contributed by atoms with van der Waals surface area (Å²) in [6.07, 6.45) is 0.430. The van der Waals surface area contributed by atoms with Gasteiger partial charge in [-0.2, -0.15) is 0 Å². The van der Waals surface area contributed by atoms with Crippen LogP contribution in [0.1, 0.15) is 29.0 Å². The van der Waals surface area contributed by atoms with Crippen LogP contribution in [0.25, 0.3) is 0 Å². The lowest BCUT2D eigenvalue weighted by molar-refractivity contribution is -0.116. The minimum atomic E-state index is -0.276. The second-order valence-corrected chi connectivity index (χ2v) is 6.70. The van der Waals surface area contributed by atoms with Crippen LogP contribution in [0.5, 0.6) is 0 Å². The van der Waals surface area contributed by atoms with E-state index in [9.17, 15) is 9.18 Å². The van der Waals surface area contributed by atoms with Gasteiger partial charge in [0, 0.05) is 50.8 Å². The summed E-state index contributed by atoms with van der Waals surface area (Å²) in [5.74, 6) is 0.441. The molecule has 0 radical (unpaired) electrons. The fourth-order valence-corrected chi connectivity index (χ4v) is 3.31. The van der Waals surface area contributed by atoms with Crippen LogP contribution < -0.4 is 16.0 Å². The molecule has 3 N–H and O–H groups in total. The number of rotatable bonds is 6. The lowest BCUT2D eigenvalue weighted by atomic mass is 9.90. The van der Waals surface area contributed by atoms with Crippen molar-refractivity contribution in [1.82, 2.24) is 10.6 Å². The number of halogens is 1. The number of carbonyl (C=O) groups excluding carboxylic acids is 1. The number of nitrogens with one attached hydrogen (secondary N) is 3. The molecule has 0 fully saturated rings. The molecule has 148 valence electrons. The molecule has 28 heavy (non-hydrogen) atoms. The van der Waals surface area contributed by atoms with Gasteiger partial charge in [-0.1, -0.05) is 24.3 Å². The van der Waals surface area contributed by atoms with Gasteiger partial charge < -0.3 is 20.7 Å². The zero-order valence-corrected chi connectivity index (χ0v) is 16.1. The molecule has 1 atom stereocenters. The van der Waals surface area contributed by atoms with E-state index in [0.717, 1.165) is 16.8 Å². The molecule has 2 aromatic carbocycles. The first-order valence-electron chi connectivity index (χ1n) is 9.20. The van der Waals surface area contributed by atoms with E-state index in [1.54, 1.807) is 26.3 Å². The Morgan fingerprint density at radius 1 is 1.29 bits per heavy atom. The fourth-order valence-electron chi connectivity index (χ4n) is 3.31. The lowest BCUT2D eigenvalue weighted by Crippen LogP contribution is -2.40. The van der Waals surface area contributed by atoms with E-state index in [1.807, 2.05) is 24.3 Å². The predicted molar refractivity (Wildman–Crippen MR) is 108 cm³/mol. The highest BCUT2D eigenvalue weighted by molar-refractivity contribution is 5.94. The van der Waals surface area contributed by atoms with Crippen molar-refractivity contribution in [2.75, 3.05) is 26.0 Å². The number of ether oxygens (including phenoxy) is 1. The fraction of sp³-hybridized carbons (Fsp3) is 0.333. The number of carbonyl (C=O) groups is 1. The number of hydrogen-bond acceptors (Lipinski definition) is 3. The summed E-state index contributed by atoms with van der Waals surface area (Å²) in [4.78, 5) is 16.2. The number of benzene rings is 2. The quantitative estimate of drug-likeness (QED) is 0.529. The largest absolute Gasteiger partial charge is 0.380 e. The molecule has 7 heteroatoms. The van der Waals surface area contributed by atoms with Gasteiger partial charge in [0.25, 0.3) is 0 Å². The zero-order chi connectivity index (χ0) is 19.9. The number of nitrogens with zero attached hydrogens (tertiary/aromatic N) is 1. The van der Waals surface area contributed by atoms with Crippen LogP contribution >= 0.6 is 0 Å². The van der Waals surface area contributed by atoms with Crippen molar-refractivity contribution in [3.05, 3.63) is 65.0 Å². The molecule has 1 unspecified atom stereocenters. The van der Waals surface area contributed by atoms with Crippen LogP contribution in [0.2, 0.25) is 0 Å². The summed E-state index contributed by atoms with van der Waals surface area (Å²) in [6, 6.07) is 12.8. The molecule has 0 spiro atoms. The second kappa shape index (κ2) is 9.32. The third kappa shape index (κ3) is 4.86. The molecule has 6 nitrogen and oxygen atoms in total. The second-order valence-electron chi connectivity index (χ2n) is 6.70. The van der Waals surface area contributed by atoms with Crippen LogP contribution in [-0.4, -0.2) is 32.6 Å². The van der Waals surface area contributed by atoms with E-state index >= 15 is 0 Å². The Morgan fingerprint density at radius 2 is 2.11 bits per heavy atom. The molecule has 3 rings (SSSR count). The molecule has 1 aliphatic heterocycles. The summed E-state index contributed by atoms with van der Waals surface area (Å²) < 4.78 is 18.8. The van der Waals surface area contributed by atoms with Crippen molar-refractivity contribution >= 4 is 17.6 Å². The molecule has 0 aliphatic carbocycles. The summed E-state index contributed by atoms with van der Waals surface area (Å²) >= 11 is 0. The van der Waals surface area contributed by atoms with Crippen molar-refractivity contribution in [3.63, 3.8) is 0 Å². The van der Waals surface area contributed by atoms with Crippen molar-refractivity contribution in [2.45, 2.75) is 25.5 Å². The van der Waals surface area contributed by atoms with Gasteiger partial charge in [0.2, 0.25) is 5.91 Å². The molecule has 1 aliphatic rings. The molecule has 2 aromatic rings. The average molecular weight is 384 g/mol. The van der Waals surface area contributed by atoms with E-state index in [1.165, 1.54) is 6.07 Å². The molecule has 0 aromatic heterocycles. The maximum atomic E-state index is 13.7. The number of amides is 1. The van der Waals surface area contributed by atoms with Crippen molar-refractivity contribution in [2.24, 2.45) is 4.99 Å². The van der Waals surface area contributed by atoms with E-state index in [-0.39, 0.29) is 24.2 Å². The summed E-state index contributed by atoms with van der Waals surface area (Å²) in [7, 11) is 3.23. The number of aliphatic imine (C=N–C) groups is 1. The number of guanidine groups is 1. The van der Waals surface area contributed by atoms with Gasteiger partial charge in [0.05, 0.1) is 6.61 Å². The van der Waals surface area contributed by atoms with Gasteiger partial charge in [-0.3, -0.25) is 9.79 Å². The van der Waals surface area contributed by atoms with Gasteiger partial charge in [-0.25, -0.2) is 4.39 Å². The first kappa shape index (κ1) is 19.8. The van der Waals surface area contributed by atoms with E-state index in [0.29, 0.717) is 31.0 Å². The smallest absolute Gasteiger partial charge is 0.225 e. The Hall–Kier alpha value is -2.93. The Kier molecular flexibility index (Phi) is 6.60. The monoisotopic (exact) mass is 384 g/mol. The number of para-hydroxylation sites is 1. The van der Waals surface area contributed by atoms with Crippen LogP contribution in [0, 0.1) is 5.82 Å². The maximum absolute atomic E-state index is 13.7. The van der Waals surface area contributed by atoms with Gasteiger partial charge in [-0.05, 0) is 29.3 Å². The zero-order valence-electron chi connectivity index (χ0n) is 16.1. The number of methoxy groups -OCH3 is 1. The first-order valence-corrected chi connectivity index (χ1v) is 9.20. The topological polar surface area (TPSA) is 74.8 Å². The highest BCUT2D eigenvalue weighted by Gasteiger charge is 2.24. The predicted octanol–water partition coefficient (Wildman–Crippen LogP) is 2.76. The summed E-state index contributed by atoms with van der Waals surface area (Å²) in [6.45, 7) is 1.32. The van der Waals surface area contributed by atoms with Crippen LogP contribution in [0.3, 0.4) is 0 Å². The molecule has 1 heterocycles. The Labute approximate surface area is 164 Å². The number of anilines is 1. The number of fused-ring (bicyclic) bond motifs is 1. The Morgan fingerprint density at radius 3 is 2.89 bits per heavy atom. The molecule has 0 saturated heterocycles. The highest BCUT2D eigenvalue weighted by atomic mass is 19.1. The molecule has 1 amide bonds. The summed E-state index contributed by atoms with van der Waals surface area (Å²) in [5.41, 5.74) is 3.44. The van der Waals surface area contributed by atoms with Crippen molar-refractivity contribution < 1.29 is 13.9 Å². The normalized spacial score (nSPS) is 16.3. The van der Waals surface area contributed by atoms with E-state index < -0.39 is 0 Å². The van der Waals surface area contributed by atoms with E-state index in [4.69, 9.17) is 4.74 Å². The van der Waals surface area contributed by atoms with Gasteiger partial charge in [-0.15, -0.1) is 0 Å². The Bertz CT molecular complexity index is 869. The van der Waals surface area contributed by atoms with Crippen molar-refractivity contribution in [1.29, 1.82) is 0 Å². The summed E-state index contributed by atoms with van der Waals surface area (Å²) in [5, 5.41) is 9.41. The third-order valence-corrected chi connectivity index (χ3v) is 4.72. The standard InChI is InChI=1S/C21H25FN4O2/c1-23-21(24-11-14-7-8-18(22)16(9-14)13-28-2)25-12-15-10-20(27)26-19-6-4-3-5-17(15)19/h3-9,15H,10-13H2,1-2H3,(H,26,27)(H2,23,24,25). The van der Waals surface area contributed by atoms with Gasteiger partial charge in [0.15, 0.2) is 5.96 Å². The maximum Gasteiger partial charge on any atom is 0.225 e. The average Bonchev–Trinajstić information content (AvgIpc) is 2.70. The molecular weight excluding hydrogens is 359 g/mol. The highest BCUT2D eigenvalue weighted by Crippen LogP contribution is 2.31.